The van der Waals surface area contributed by atoms with Gasteiger partial charge in [0.2, 0.25) is 5.92 Å². The summed E-state index contributed by atoms with van der Waals surface area (Å²) in [6, 6.07) is 5.42. The van der Waals surface area contributed by atoms with E-state index in [0.717, 1.165) is 12.0 Å². The molecule has 1 aromatic carbocycles. The zero-order valence-corrected chi connectivity index (χ0v) is 12.8. The number of hydrogen-bond donors (Lipinski definition) is 0. The number of halogens is 4. The Morgan fingerprint density at radius 3 is 2.89 bits per heavy atom. The third-order valence-corrected chi connectivity index (χ3v) is 4.34. The van der Waals surface area contributed by atoms with Crippen molar-refractivity contribution in [3.63, 3.8) is 0 Å². The van der Waals surface area contributed by atoms with E-state index in [1.54, 1.807) is 12.1 Å². The van der Waals surface area contributed by atoms with E-state index in [2.05, 4.69) is 15.9 Å². The summed E-state index contributed by atoms with van der Waals surface area (Å²) in [5.41, 5.74) is 0.867. The van der Waals surface area contributed by atoms with Gasteiger partial charge in [-0.25, -0.2) is 8.78 Å². The van der Waals surface area contributed by atoms with Gasteiger partial charge in [-0.15, -0.1) is 0 Å². The van der Waals surface area contributed by atoms with Crippen molar-refractivity contribution in [2.45, 2.75) is 36.9 Å². The molecule has 0 radical (unpaired) electrons. The Morgan fingerprint density at radius 1 is 1.42 bits per heavy atom. The van der Waals surface area contributed by atoms with Gasteiger partial charge in [0.1, 0.15) is 5.75 Å². The molecular formula is C14H16BrClF2O. The smallest absolute Gasteiger partial charge is 0.248 e. The Labute approximate surface area is 125 Å². The predicted octanol–water partition coefficient (Wildman–Crippen LogP) is 5.44. The molecule has 0 amide bonds. The minimum Gasteiger partial charge on any atom is -0.493 e. The third-order valence-electron chi connectivity index (χ3n) is 3.43. The predicted molar refractivity (Wildman–Crippen MR) is 76.5 cm³/mol. The molecule has 1 aliphatic carbocycles. The lowest BCUT2D eigenvalue weighted by Gasteiger charge is -2.29. The minimum atomic E-state index is -2.53. The highest BCUT2D eigenvalue weighted by atomic mass is 79.9. The van der Waals surface area contributed by atoms with Crippen molar-refractivity contribution in [2.75, 3.05) is 6.61 Å². The maximum absolute atomic E-state index is 13.3. The zero-order chi connectivity index (χ0) is 13.9. The van der Waals surface area contributed by atoms with Crippen LogP contribution in [-0.4, -0.2) is 12.5 Å². The summed E-state index contributed by atoms with van der Waals surface area (Å²) in [5.74, 6) is -1.93. The molecule has 1 atom stereocenters. The Hall–Kier alpha value is -0.350. The molecule has 0 aliphatic heterocycles. The molecule has 1 nitrogen and oxygen atoms in total. The molecule has 0 spiro atoms. The van der Waals surface area contributed by atoms with Crippen molar-refractivity contribution in [1.82, 2.24) is 0 Å². The van der Waals surface area contributed by atoms with Crippen molar-refractivity contribution in [1.29, 1.82) is 0 Å². The highest BCUT2D eigenvalue weighted by molar-refractivity contribution is 9.08. The monoisotopic (exact) mass is 352 g/mol. The second-order valence-electron chi connectivity index (χ2n) is 4.98. The van der Waals surface area contributed by atoms with Crippen LogP contribution in [0, 0.1) is 5.92 Å². The topological polar surface area (TPSA) is 9.23 Å². The van der Waals surface area contributed by atoms with Crippen LogP contribution in [0.15, 0.2) is 18.2 Å². The second-order valence-corrected chi connectivity index (χ2v) is 5.95. The fourth-order valence-corrected chi connectivity index (χ4v) is 3.40. The zero-order valence-electron chi connectivity index (χ0n) is 10.5. The molecule has 1 fully saturated rings. The molecule has 2 rings (SSSR count). The van der Waals surface area contributed by atoms with Crippen molar-refractivity contribution >= 4 is 27.5 Å². The first kappa shape index (κ1) is 15.0. The molecule has 0 aromatic heterocycles. The lowest BCUT2D eigenvalue weighted by atomic mass is 9.87. The molecule has 0 heterocycles. The lowest BCUT2D eigenvalue weighted by Crippen LogP contribution is -2.29. The third kappa shape index (κ3) is 4.06. The second kappa shape index (κ2) is 6.40. The lowest BCUT2D eigenvalue weighted by molar-refractivity contribution is -0.0585. The van der Waals surface area contributed by atoms with E-state index < -0.39 is 5.92 Å². The molecule has 5 heteroatoms. The molecule has 0 bridgehead atoms. The number of benzene rings is 1. The maximum Gasteiger partial charge on any atom is 0.248 e. The van der Waals surface area contributed by atoms with E-state index in [0.29, 0.717) is 29.1 Å². The van der Waals surface area contributed by atoms with Crippen LogP contribution in [0.3, 0.4) is 0 Å². The number of rotatable bonds is 4. The van der Waals surface area contributed by atoms with Crippen LogP contribution in [0.2, 0.25) is 5.02 Å². The molecule has 1 aliphatic rings. The average Bonchev–Trinajstić information content (AvgIpc) is 2.35. The van der Waals surface area contributed by atoms with E-state index in [1.807, 2.05) is 6.07 Å². The first-order chi connectivity index (χ1) is 9.02. The normalized spacial score (nSPS) is 22.2. The molecular weight excluding hydrogens is 338 g/mol. The molecule has 1 unspecified atom stereocenters. The summed E-state index contributed by atoms with van der Waals surface area (Å²) in [6.45, 7) is 0.329. The van der Waals surface area contributed by atoms with E-state index in [4.69, 9.17) is 16.3 Å². The van der Waals surface area contributed by atoms with Gasteiger partial charge in [-0.05, 0) is 30.9 Å². The van der Waals surface area contributed by atoms with Crippen molar-refractivity contribution in [2.24, 2.45) is 5.92 Å². The largest absolute Gasteiger partial charge is 0.493 e. The fraction of sp³-hybridized carbons (Fsp3) is 0.571. The Balaban J connectivity index is 1.97. The molecule has 1 aromatic rings. The highest BCUT2D eigenvalue weighted by Crippen LogP contribution is 2.37. The molecule has 106 valence electrons. The van der Waals surface area contributed by atoms with Gasteiger partial charge in [-0.2, -0.15) is 0 Å². The van der Waals surface area contributed by atoms with Crippen molar-refractivity contribution in [3.8, 4) is 5.75 Å². The van der Waals surface area contributed by atoms with E-state index in [-0.39, 0.29) is 18.8 Å². The van der Waals surface area contributed by atoms with Crippen molar-refractivity contribution < 1.29 is 13.5 Å². The quantitative estimate of drug-likeness (QED) is 0.655. The van der Waals surface area contributed by atoms with Crippen LogP contribution in [0.5, 0.6) is 5.75 Å². The van der Waals surface area contributed by atoms with Gasteiger partial charge in [0, 0.05) is 28.8 Å². The summed E-state index contributed by atoms with van der Waals surface area (Å²) < 4.78 is 32.3. The van der Waals surface area contributed by atoms with Gasteiger partial charge < -0.3 is 4.74 Å². The number of ether oxygens (including phenoxy) is 1. The summed E-state index contributed by atoms with van der Waals surface area (Å²) in [6.07, 6.45) is 1.31. The van der Waals surface area contributed by atoms with Crippen LogP contribution in [0.1, 0.15) is 31.2 Å². The van der Waals surface area contributed by atoms with Gasteiger partial charge in [0.25, 0.3) is 0 Å². The number of hydrogen-bond acceptors (Lipinski definition) is 1. The Kier molecular flexibility index (Phi) is 5.07. The first-order valence-corrected chi connectivity index (χ1v) is 7.86. The van der Waals surface area contributed by atoms with Crippen LogP contribution >= 0.6 is 27.5 Å². The molecule has 0 saturated heterocycles. The van der Waals surface area contributed by atoms with Gasteiger partial charge in [0.15, 0.2) is 0 Å². The van der Waals surface area contributed by atoms with Crippen LogP contribution in [0.4, 0.5) is 8.78 Å². The molecule has 1 saturated carbocycles. The maximum atomic E-state index is 13.3. The Morgan fingerprint density at radius 2 is 2.21 bits per heavy atom. The fourth-order valence-electron chi connectivity index (χ4n) is 2.43. The summed E-state index contributed by atoms with van der Waals surface area (Å²) in [4.78, 5) is 0. The summed E-state index contributed by atoms with van der Waals surface area (Å²) >= 11 is 9.43. The van der Waals surface area contributed by atoms with Gasteiger partial charge in [-0.3, -0.25) is 0 Å². The minimum absolute atomic E-state index is 0.00726. The van der Waals surface area contributed by atoms with Crippen LogP contribution in [-0.2, 0) is 5.33 Å². The van der Waals surface area contributed by atoms with Crippen LogP contribution < -0.4 is 4.74 Å². The van der Waals surface area contributed by atoms with E-state index >= 15 is 0 Å². The standard InChI is InChI=1S/C14H16BrClF2O/c15-8-11-12(16)4-1-5-13(11)19-9-10-3-2-6-14(17,18)7-10/h1,4-5,10H,2-3,6-9H2. The van der Waals surface area contributed by atoms with Gasteiger partial charge >= 0.3 is 0 Å². The summed E-state index contributed by atoms with van der Waals surface area (Å²) in [7, 11) is 0. The van der Waals surface area contributed by atoms with Crippen LogP contribution in [0.25, 0.3) is 0 Å². The van der Waals surface area contributed by atoms with Gasteiger partial charge in [-0.1, -0.05) is 33.6 Å². The Bertz CT molecular complexity index is 439. The first-order valence-electron chi connectivity index (χ1n) is 6.36. The number of alkyl halides is 3. The highest BCUT2D eigenvalue weighted by Gasteiger charge is 2.36. The van der Waals surface area contributed by atoms with Crippen molar-refractivity contribution in [3.05, 3.63) is 28.8 Å². The van der Waals surface area contributed by atoms with E-state index in [9.17, 15) is 8.78 Å². The SMILES string of the molecule is FC1(F)CCCC(COc2cccc(Cl)c2CBr)C1. The molecule has 0 N–H and O–H groups in total. The van der Waals surface area contributed by atoms with E-state index in [1.165, 1.54) is 0 Å². The average molecular weight is 354 g/mol. The summed E-state index contributed by atoms with van der Waals surface area (Å²) in [5, 5.41) is 1.21. The molecule has 19 heavy (non-hydrogen) atoms. The van der Waals surface area contributed by atoms with Gasteiger partial charge in [0.05, 0.1) is 6.61 Å².